The van der Waals surface area contributed by atoms with E-state index in [0.717, 1.165) is 5.56 Å². The van der Waals surface area contributed by atoms with Crippen LogP contribution in [0.1, 0.15) is 18.6 Å². The lowest BCUT2D eigenvalue weighted by Gasteiger charge is -2.35. The fraction of sp³-hybridized carbons (Fsp3) is 0.462. The van der Waals surface area contributed by atoms with E-state index in [-0.39, 0.29) is 11.9 Å². The Labute approximate surface area is 105 Å². The van der Waals surface area contributed by atoms with Crippen molar-refractivity contribution in [3.8, 4) is 0 Å². The highest BCUT2D eigenvalue weighted by atomic mass is 19.1. The largest absolute Gasteiger partial charge is 0.480 e. The van der Waals surface area contributed by atoms with Crippen molar-refractivity contribution in [1.29, 1.82) is 0 Å². The first-order valence-electron chi connectivity index (χ1n) is 5.92. The van der Waals surface area contributed by atoms with E-state index >= 15 is 0 Å². The molecule has 2 rings (SSSR count). The lowest BCUT2D eigenvalue weighted by molar-refractivity contribution is -0.145. The van der Waals surface area contributed by atoms with Gasteiger partial charge in [0.25, 0.3) is 0 Å². The van der Waals surface area contributed by atoms with E-state index in [4.69, 9.17) is 9.84 Å². The van der Waals surface area contributed by atoms with Crippen LogP contribution in [0.15, 0.2) is 24.3 Å². The molecule has 4 nitrogen and oxygen atoms in total. The fourth-order valence-electron chi connectivity index (χ4n) is 2.06. The second kappa shape index (κ2) is 5.46. The van der Waals surface area contributed by atoms with Crippen molar-refractivity contribution < 1.29 is 19.0 Å². The molecular formula is C13H16FNO3. The predicted octanol–water partition coefficient (Wildman–Crippen LogP) is 1.67. The Bertz CT molecular complexity index is 421. The van der Waals surface area contributed by atoms with E-state index < -0.39 is 12.0 Å². The number of carboxylic acids is 1. The summed E-state index contributed by atoms with van der Waals surface area (Å²) in [4.78, 5) is 12.8. The molecule has 0 aliphatic carbocycles. The van der Waals surface area contributed by atoms with Gasteiger partial charge in [0.1, 0.15) is 11.9 Å². The summed E-state index contributed by atoms with van der Waals surface area (Å²) in [6, 6.07) is 5.59. The van der Waals surface area contributed by atoms with Crippen molar-refractivity contribution in [2.24, 2.45) is 0 Å². The van der Waals surface area contributed by atoms with Gasteiger partial charge in [-0.25, -0.2) is 4.39 Å². The van der Waals surface area contributed by atoms with Gasteiger partial charge in [-0.1, -0.05) is 12.1 Å². The zero-order valence-electron chi connectivity index (χ0n) is 10.2. The predicted molar refractivity (Wildman–Crippen MR) is 63.8 cm³/mol. The molecule has 1 heterocycles. The van der Waals surface area contributed by atoms with Gasteiger partial charge in [-0.15, -0.1) is 0 Å². The molecule has 1 N–H and O–H groups in total. The van der Waals surface area contributed by atoms with Gasteiger partial charge in [0.15, 0.2) is 0 Å². The number of halogens is 1. The molecule has 0 unspecified atom stereocenters. The lowest BCUT2D eigenvalue weighted by Crippen LogP contribution is -2.46. The maximum Gasteiger partial charge on any atom is 0.320 e. The third kappa shape index (κ3) is 2.86. The molecular weight excluding hydrogens is 237 g/mol. The molecule has 0 spiro atoms. The van der Waals surface area contributed by atoms with Crippen molar-refractivity contribution in [3.05, 3.63) is 35.6 Å². The number of carbonyl (C=O) groups is 1. The number of morpholine rings is 1. The molecule has 0 saturated carbocycles. The quantitative estimate of drug-likeness (QED) is 0.890. The SMILES string of the molecule is C[C@@H](C(=O)O)N1CCO[C@@H](c2ccc(F)cc2)C1. The van der Waals surface area contributed by atoms with E-state index in [2.05, 4.69) is 0 Å². The van der Waals surface area contributed by atoms with Gasteiger partial charge < -0.3 is 9.84 Å². The molecule has 1 aromatic rings. The monoisotopic (exact) mass is 253 g/mol. The highest BCUT2D eigenvalue weighted by Crippen LogP contribution is 2.23. The Hall–Kier alpha value is -1.46. The minimum atomic E-state index is -0.838. The second-order valence-electron chi connectivity index (χ2n) is 4.42. The number of carboxylic acid groups (broad SMARTS) is 1. The van der Waals surface area contributed by atoms with E-state index in [1.54, 1.807) is 19.1 Å². The van der Waals surface area contributed by atoms with Gasteiger partial charge in [-0.05, 0) is 24.6 Å². The summed E-state index contributed by atoms with van der Waals surface area (Å²) in [5.41, 5.74) is 0.874. The summed E-state index contributed by atoms with van der Waals surface area (Å²) >= 11 is 0. The first kappa shape index (κ1) is 13.0. The van der Waals surface area contributed by atoms with Gasteiger partial charge in [0.05, 0.1) is 12.7 Å². The van der Waals surface area contributed by atoms with Crippen molar-refractivity contribution >= 4 is 5.97 Å². The molecule has 1 fully saturated rings. The molecule has 1 aromatic carbocycles. The fourth-order valence-corrected chi connectivity index (χ4v) is 2.06. The van der Waals surface area contributed by atoms with E-state index in [1.165, 1.54) is 12.1 Å². The van der Waals surface area contributed by atoms with Crippen LogP contribution in [-0.4, -0.2) is 41.7 Å². The summed E-state index contributed by atoms with van der Waals surface area (Å²) in [6.07, 6.45) is -0.193. The number of hydrogen-bond donors (Lipinski definition) is 1. The maximum atomic E-state index is 12.8. The van der Waals surface area contributed by atoms with Crippen LogP contribution in [0.2, 0.25) is 0 Å². The van der Waals surface area contributed by atoms with Crippen LogP contribution in [0.3, 0.4) is 0 Å². The average molecular weight is 253 g/mol. The Morgan fingerprint density at radius 2 is 2.17 bits per heavy atom. The van der Waals surface area contributed by atoms with E-state index in [1.807, 2.05) is 4.90 Å². The molecule has 18 heavy (non-hydrogen) atoms. The summed E-state index contributed by atoms with van der Waals surface area (Å²) in [5, 5.41) is 9.00. The number of hydrogen-bond acceptors (Lipinski definition) is 3. The van der Waals surface area contributed by atoms with Gasteiger partial charge >= 0.3 is 5.97 Å². The van der Waals surface area contributed by atoms with Crippen LogP contribution in [-0.2, 0) is 9.53 Å². The van der Waals surface area contributed by atoms with Crippen molar-refractivity contribution in [2.75, 3.05) is 19.7 Å². The second-order valence-corrected chi connectivity index (χ2v) is 4.42. The van der Waals surface area contributed by atoms with Gasteiger partial charge in [0.2, 0.25) is 0 Å². The van der Waals surface area contributed by atoms with Crippen LogP contribution >= 0.6 is 0 Å². The van der Waals surface area contributed by atoms with Crippen LogP contribution in [0.25, 0.3) is 0 Å². The normalized spacial score (nSPS) is 22.7. The van der Waals surface area contributed by atoms with Gasteiger partial charge in [-0.3, -0.25) is 9.69 Å². The molecule has 0 radical (unpaired) electrons. The third-order valence-electron chi connectivity index (χ3n) is 3.24. The first-order chi connectivity index (χ1) is 8.58. The third-order valence-corrected chi connectivity index (χ3v) is 3.24. The molecule has 1 aliphatic rings. The number of ether oxygens (including phenoxy) is 1. The molecule has 0 bridgehead atoms. The smallest absolute Gasteiger partial charge is 0.320 e. The summed E-state index contributed by atoms with van der Waals surface area (Å²) in [7, 11) is 0. The Morgan fingerprint density at radius 1 is 1.50 bits per heavy atom. The number of nitrogens with zero attached hydrogens (tertiary/aromatic N) is 1. The van der Waals surface area contributed by atoms with Crippen molar-refractivity contribution in [1.82, 2.24) is 4.90 Å². The molecule has 98 valence electrons. The van der Waals surface area contributed by atoms with Gasteiger partial charge in [-0.2, -0.15) is 0 Å². The number of benzene rings is 1. The highest BCUT2D eigenvalue weighted by molar-refractivity contribution is 5.72. The first-order valence-corrected chi connectivity index (χ1v) is 5.92. The highest BCUT2D eigenvalue weighted by Gasteiger charge is 2.28. The molecule has 1 aliphatic heterocycles. The Balaban J connectivity index is 2.06. The molecule has 0 aromatic heterocycles. The van der Waals surface area contributed by atoms with Crippen molar-refractivity contribution in [2.45, 2.75) is 19.1 Å². The lowest BCUT2D eigenvalue weighted by atomic mass is 10.1. The van der Waals surface area contributed by atoms with E-state index in [9.17, 15) is 9.18 Å². The van der Waals surface area contributed by atoms with Crippen LogP contribution in [0.4, 0.5) is 4.39 Å². The van der Waals surface area contributed by atoms with Crippen LogP contribution < -0.4 is 0 Å². The number of rotatable bonds is 3. The summed E-state index contributed by atoms with van der Waals surface area (Å²) in [5.74, 6) is -1.12. The standard InChI is InChI=1S/C13H16FNO3/c1-9(13(16)17)15-6-7-18-12(8-15)10-2-4-11(14)5-3-10/h2-5,9,12H,6-8H2,1H3,(H,16,17)/t9-,12+/m0/s1. The molecule has 1 saturated heterocycles. The summed E-state index contributed by atoms with van der Waals surface area (Å²) in [6.45, 7) is 3.26. The zero-order chi connectivity index (χ0) is 13.1. The van der Waals surface area contributed by atoms with Crippen molar-refractivity contribution in [3.63, 3.8) is 0 Å². The van der Waals surface area contributed by atoms with Crippen LogP contribution in [0.5, 0.6) is 0 Å². The Kier molecular flexibility index (Phi) is 3.93. The minimum absolute atomic E-state index is 0.193. The molecule has 5 heteroatoms. The Morgan fingerprint density at radius 3 is 2.78 bits per heavy atom. The summed E-state index contributed by atoms with van der Waals surface area (Å²) < 4.78 is 18.4. The number of aliphatic carboxylic acids is 1. The maximum absolute atomic E-state index is 12.8. The van der Waals surface area contributed by atoms with E-state index in [0.29, 0.717) is 19.7 Å². The molecule has 2 atom stereocenters. The zero-order valence-corrected chi connectivity index (χ0v) is 10.2. The molecule has 0 amide bonds. The topological polar surface area (TPSA) is 49.8 Å². The van der Waals surface area contributed by atoms with Crippen LogP contribution in [0, 0.1) is 5.82 Å². The van der Waals surface area contributed by atoms with Gasteiger partial charge in [0, 0.05) is 13.1 Å². The minimum Gasteiger partial charge on any atom is -0.480 e. The average Bonchev–Trinajstić information content (AvgIpc) is 2.38.